The highest BCUT2D eigenvalue weighted by Gasteiger charge is 2.50. The number of rotatable bonds is 7. The molecule has 272 valence electrons. The molecule has 0 bridgehead atoms. The maximum absolute atomic E-state index is 14.3. The van der Waals surface area contributed by atoms with E-state index in [9.17, 15) is 40.3 Å². The van der Waals surface area contributed by atoms with Gasteiger partial charge in [-0.15, -0.1) is 11.3 Å². The Bertz CT molecular complexity index is 1650. The molecule has 2 heterocycles. The van der Waals surface area contributed by atoms with Crippen LogP contribution in [0.1, 0.15) is 99.7 Å². The van der Waals surface area contributed by atoms with Crippen LogP contribution in [0.4, 0.5) is 40.7 Å². The third-order valence-corrected chi connectivity index (χ3v) is 10.1. The van der Waals surface area contributed by atoms with E-state index in [1.165, 1.54) is 19.1 Å². The third kappa shape index (κ3) is 8.76. The summed E-state index contributed by atoms with van der Waals surface area (Å²) in [5.74, 6) is -0.647. The highest BCUT2D eigenvalue weighted by Crippen LogP contribution is 2.46. The Morgan fingerprint density at radius 1 is 0.960 bits per heavy atom. The van der Waals surface area contributed by atoms with Crippen LogP contribution in [0.15, 0.2) is 47.8 Å². The largest absolute Gasteiger partial charge is 0.444 e. The molecule has 15 heteroatoms. The molecule has 2 amide bonds. The van der Waals surface area contributed by atoms with Gasteiger partial charge in [0.15, 0.2) is 5.13 Å². The zero-order valence-electron chi connectivity index (χ0n) is 28.0. The number of aromatic nitrogens is 1. The van der Waals surface area contributed by atoms with Crippen molar-refractivity contribution in [2.45, 2.75) is 101 Å². The van der Waals surface area contributed by atoms with Crippen LogP contribution < -0.4 is 10.6 Å². The van der Waals surface area contributed by atoms with Crippen LogP contribution in [0, 0.1) is 5.82 Å². The van der Waals surface area contributed by atoms with Crippen molar-refractivity contribution in [2.75, 3.05) is 18.4 Å². The number of thiazole rings is 1. The fourth-order valence-corrected chi connectivity index (χ4v) is 7.60. The zero-order chi connectivity index (χ0) is 36.6. The lowest BCUT2D eigenvalue weighted by Crippen LogP contribution is -2.46. The molecule has 7 nitrogen and oxygen atoms in total. The van der Waals surface area contributed by atoms with Crippen molar-refractivity contribution in [3.63, 3.8) is 0 Å². The fourth-order valence-electron chi connectivity index (χ4n) is 6.81. The first-order valence-electron chi connectivity index (χ1n) is 16.3. The van der Waals surface area contributed by atoms with Gasteiger partial charge in [-0.3, -0.25) is 10.1 Å². The molecule has 0 radical (unpaired) electrons. The number of halogens is 7. The van der Waals surface area contributed by atoms with Crippen molar-refractivity contribution in [3.05, 3.63) is 81.6 Å². The molecule has 2 aromatic carbocycles. The van der Waals surface area contributed by atoms with Gasteiger partial charge < -0.3 is 15.0 Å². The minimum atomic E-state index is -5.04. The zero-order valence-corrected chi connectivity index (χ0v) is 28.8. The number of nitrogens with one attached hydrogen (secondary N) is 2. The number of alkyl halides is 6. The number of benzene rings is 2. The van der Waals surface area contributed by atoms with Crippen LogP contribution in [0.5, 0.6) is 0 Å². The number of hydrogen-bond donors (Lipinski definition) is 2. The highest BCUT2D eigenvalue weighted by atomic mass is 32.1. The quantitative estimate of drug-likeness (QED) is 0.237. The minimum absolute atomic E-state index is 0.0504. The molecule has 2 N–H and O–H groups in total. The molecule has 5 rings (SSSR count). The van der Waals surface area contributed by atoms with E-state index in [1.807, 2.05) is 0 Å². The van der Waals surface area contributed by atoms with Crippen molar-refractivity contribution in [2.24, 2.45) is 0 Å². The standard InChI is InChI=1S/C35H39F7N4O3S/c1-20(23-15-24(34(37,38)39)17-25(16-23)35(40,41)42)43-29(47)33(28-19-50-30(44-28)45-31(48)49-32(2,3)4)12-9-27(18-33)46-13-10-22(11-14-46)21-5-7-26(36)8-6-21/h5-8,15-17,19-20,22,27H,9-14,18H2,1-4H3,(H,43,47)(H,44,45,48). The van der Waals surface area contributed by atoms with Crippen LogP contribution in [-0.2, 0) is 27.3 Å². The maximum atomic E-state index is 14.3. The van der Waals surface area contributed by atoms with Gasteiger partial charge in [-0.25, -0.2) is 14.2 Å². The van der Waals surface area contributed by atoms with Crippen molar-refractivity contribution >= 4 is 28.5 Å². The molecule has 1 saturated carbocycles. The van der Waals surface area contributed by atoms with Crippen molar-refractivity contribution in [1.82, 2.24) is 15.2 Å². The number of hydrogen-bond acceptors (Lipinski definition) is 6. The molecular weight excluding hydrogens is 689 g/mol. The molecule has 3 atom stereocenters. The molecule has 1 saturated heterocycles. The lowest BCUT2D eigenvalue weighted by Gasteiger charge is -2.37. The number of likely N-dealkylation sites (tertiary alicyclic amines) is 1. The molecular formula is C35H39F7N4O3S. The number of anilines is 1. The van der Waals surface area contributed by atoms with E-state index in [0.29, 0.717) is 50.2 Å². The molecule has 1 aliphatic heterocycles. The van der Waals surface area contributed by atoms with Gasteiger partial charge in [-0.05, 0) is 120 Å². The smallest absolute Gasteiger partial charge is 0.416 e. The van der Waals surface area contributed by atoms with Gasteiger partial charge in [0.1, 0.15) is 11.4 Å². The Morgan fingerprint density at radius 2 is 1.56 bits per heavy atom. The Balaban J connectivity index is 1.39. The summed E-state index contributed by atoms with van der Waals surface area (Å²) in [5.41, 5.74) is -3.97. The predicted octanol–water partition coefficient (Wildman–Crippen LogP) is 9.21. The molecule has 50 heavy (non-hydrogen) atoms. The molecule has 1 aliphatic carbocycles. The number of carbonyl (C=O) groups is 2. The molecule has 1 aromatic heterocycles. The molecule has 3 aromatic rings. The number of ether oxygens (including phenoxy) is 1. The summed E-state index contributed by atoms with van der Waals surface area (Å²) in [5, 5.41) is 7.08. The minimum Gasteiger partial charge on any atom is -0.444 e. The van der Waals surface area contributed by atoms with E-state index in [-0.39, 0.29) is 34.5 Å². The van der Waals surface area contributed by atoms with Gasteiger partial charge in [0.2, 0.25) is 5.91 Å². The van der Waals surface area contributed by atoms with Gasteiger partial charge in [0.05, 0.1) is 28.3 Å². The second kappa shape index (κ2) is 14.1. The topological polar surface area (TPSA) is 83.6 Å². The van der Waals surface area contributed by atoms with Gasteiger partial charge in [-0.2, -0.15) is 26.3 Å². The fraction of sp³-hybridized carbons (Fsp3) is 0.514. The van der Waals surface area contributed by atoms with E-state index in [4.69, 9.17) is 4.74 Å². The lowest BCUT2D eigenvalue weighted by molar-refractivity contribution is -0.143. The third-order valence-electron chi connectivity index (χ3n) is 9.37. The lowest BCUT2D eigenvalue weighted by atomic mass is 9.81. The highest BCUT2D eigenvalue weighted by molar-refractivity contribution is 7.14. The monoisotopic (exact) mass is 728 g/mol. The van der Waals surface area contributed by atoms with E-state index in [0.717, 1.165) is 29.7 Å². The molecule has 2 fully saturated rings. The average molecular weight is 729 g/mol. The Kier molecular flexibility index (Phi) is 10.6. The van der Waals surface area contributed by atoms with Crippen molar-refractivity contribution in [1.29, 1.82) is 0 Å². The Labute approximate surface area is 289 Å². The predicted molar refractivity (Wildman–Crippen MR) is 174 cm³/mol. The van der Waals surface area contributed by atoms with E-state index >= 15 is 0 Å². The van der Waals surface area contributed by atoms with Crippen LogP contribution in [-0.4, -0.2) is 46.6 Å². The van der Waals surface area contributed by atoms with Gasteiger partial charge in [0, 0.05) is 11.4 Å². The van der Waals surface area contributed by atoms with Gasteiger partial charge in [-0.1, -0.05) is 12.1 Å². The second-order valence-electron chi connectivity index (χ2n) is 14.0. The first kappa shape index (κ1) is 37.5. The summed E-state index contributed by atoms with van der Waals surface area (Å²) in [7, 11) is 0. The van der Waals surface area contributed by atoms with E-state index in [1.54, 1.807) is 38.3 Å². The van der Waals surface area contributed by atoms with E-state index < -0.39 is 52.5 Å². The van der Waals surface area contributed by atoms with Gasteiger partial charge in [0.25, 0.3) is 0 Å². The molecule has 0 spiro atoms. The summed E-state index contributed by atoms with van der Waals surface area (Å²) in [4.78, 5) is 33.6. The first-order valence-corrected chi connectivity index (χ1v) is 17.2. The Morgan fingerprint density at radius 3 is 2.12 bits per heavy atom. The van der Waals surface area contributed by atoms with Crippen LogP contribution in [0.3, 0.4) is 0 Å². The number of nitrogens with zero attached hydrogens (tertiary/aromatic N) is 2. The summed E-state index contributed by atoms with van der Waals surface area (Å²) < 4.78 is 100. The van der Waals surface area contributed by atoms with Crippen LogP contribution in [0.2, 0.25) is 0 Å². The number of carbonyl (C=O) groups excluding carboxylic acids is 2. The maximum Gasteiger partial charge on any atom is 0.416 e. The van der Waals surface area contributed by atoms with Gasteiger partial charge >= 0.3 is 18.4 Å². The second-order valence-corrected chi connectivity index (χ2v) is 14.9. The van der Waals surface area contributed by atoms with Crippen LogP contribution in [0.25, 0.3) is 0 Å². The number of piperidine rings is 1. The van der Waals surface area contributed by atoms with Crippen LogP contribution >= 0.6 is 11.3 Å². The average Bonchev–Trinajstić information content (AvgIpc) is 3.68. The van der Waals surface area contributed by atoms with Crippen molar-refractivity contribution in [3.8, 4) is 0 Å². The first-order chi connectivity index (χ1) is 23.2. The Hall–Kier alpha value is -3.72. The molecule has 3 unspecified atom stereocenters. The molecule has 2 aliphatic rings. The summed E-state index contributed by atoms with van der Waals surface area (Å²) >= 11 is 1.07. The SMILES string of the molecule is CC(NC(=O)C1(c2csc(NC(=O)OC(C)(C)C)n2)CCC(N2CCC(c3ccc(F)cc3)CC2)C1)c1cc(C(F)(F)F)cc(C(F)(F)F)c1. The number of amides is 2. The summed E-state index contributed by atoms with van der Waals surface area (Å²) in [6, 6.07) is 6.44. The summed E-state index contributed by atoms with van der Waals surface area (Å²) in [6.45, 7) is 7.86. The van der Waals surface area contributed by atoms with Crippen molar-refractivity contribution < 1.29 is 45.1 Å². The summed E-state index contributed by atoms with van der Waals surface area (Å²) in [6.07, 6.45) is -8.02. The van der Waals surface area contributed by atoms with E-state index in [2.05, 4.69) is 20.5 Å². The normalized spacial score (nSPS) is 21.5.